The van der Waals surface area contributed by atoms with Gasteiger partial charge in [0.2, 0.25) is 0 Å². The van der Waals surface area contributed by atoms with Crippen LogP contribution in [0.15, 0.2) is 53.3 Å². The Labute approximate surface area is 114 Å². The molecule has 0 bridgehead atoms. The summed E-state index contributed by atoms with van der Waals surface area (Å²) >= 11 is 0. The van der Waals surface area contributed by atoms with Gasteiger partial charge in [-0.1, -0.05) is 28.8 Å². The van der Waals surface area contributed by atoms with Crippen molar-refractivity contribution in [3.63, 3.8) is 0 Å². The molecule has 3 rings (SSSR count). The summed E-state index contributed by atoms with van der Waals surface area (Å²) in [5.74, 6) is 0.253. The number of hydrogen-bond donors (Lipinski definition) is 1. The van der Waals surface area contributed by atoms with E-state index in [9.17, 15) is 14.3 Å². The van der Waals surface area contributed by atoms with Crippen molar-refractivity contribution in [2.24, 2.45) is 0 Å². The van der Waals surface area contributed by atoms with Crippen LogP contribution < -0.4 is 15.8 Å². The molecule has 0 spiro atoms. The normalized spacial score (nSPS) is 11.6. The molecular weight excluding hydrogens is 275 g/mol. The predicted molar refractivity (Wildman–Crippen MR) is 75.0 cm³/mol. The second kappa shape index (κ2) is 4.96. The Balaban J connectivity index is 2.31. The van der Waals surface area contributed by atoms with Crippen LogP contribution in [-0.4, -0.2) is 9.97 Å². The molecule has 1 atom stereocenters. The van der Waals surface area contributed by atoms with Gasteiger partial charge in [-0.15, -0.1) is 0 Å². The van der Waals surface area contributed by atoms with Crippen molar-refractivity contribution in [1.29, 1.82) is 0 Å². The molecule has 1 unspecified atom stereocenters. The number of para-hydroxylation sites is 1. The molecule has 1 N–H and O–H groups in total. The predicted octanol–water partition coefficient (Wildman–Crippen LogP) is 1.32. The zero-order valence-electron chi connectivity index (χ0n) is 10.2. The van der Waals surface area contributed by atoms with Gasteiger partial charge in [0.05, 0.1) is 16.5 Å². The van der Waals surface area contributed by atoms with Crippen molar-refractivity contribution in [2.45, 2.75) is 0 Å². The van der Waals surface area contributed by atoms with Crippen LogP contribution in [0.3, 0.4) is 0 Å². The highest BCUT2D eigenvalue weighted by molar-refractivity contribution is 7.46. The van der Waals surface area contributed by atoms with Gasteiger partial charge in [0, 0.05) is 0 Å². The van der Waals surface area contributed by atoms with E-state index in [1.807, 2.05) is 0 Å². The van der Waals surface area contributed by atoms with Crippen LogP contribution in [0.4, 0.5) is 0 Å². The third-order valence-corrected chi connectivity index (χ3v) is 3.75. The van der Waals surface area contributed by atoms with Crippen molar-refractivity contribution in [3.05, 3.63) is 58.9 Å². The highest BCUT2D eigenvalue weighted by atomic mass is 31.1. The van der Waals surface area contributed by atoms with Gasteiger partial charge in [-0.25, -0.2) is 4.98 Å². The molecule has 3 aromatic rings. The zero-order valence-corrected chi connectivity index (χ0v) is 11.1. The van der Waals surface area contributed by atoms with Crippen molar-refractivity contribution < 1.29 is 9.46 Å². The Bertz CT molecular complexity index is 873. The summed E-state index contributed by atoms with van der Waals surface area (Å²) in [7, 11) is -2.75. The van der Waals surface area contributed by atoms with Gasteiger partial charge in [0.15, 0.2) is 5.30 Å². The smallest absolute Gasteiger partial charge is 0.349 e. The van der Waals surface area contributed by atoms with Crippen LogP contribution in [-0.2, 0) is 4.57 Å². The third kappa shape index (κ3) is 2.13. The number of aromatic amines is 1. The Morgan fingerprint density at radius 1 is 1.05 bits per heavy atom. The standard InChI is InChI=1S/C14H9N2O3P/c17-14-9-5-1-3-7-11(9)15-13(16-14)10-6-2-4-8-12(10)20(18)19/h1-8H,(H,15,16,17). The molecule has 0 aliphatic rings. The highest BCUT2D eigenvalue weighted by Crippen LogP contribution is 2.20. The van der Waals surface area contributed by atoms with E-state index in [0.29, 0.717) is 16.5 Å². The van der Waals surface area contributed by atoms with Crippen LogP contribution in [0, 0.1) is 0 Å². The fourth-order valence-corrected chi connectivity index (χ4v) is 2.63. The topological polar surface area (TPSA) is 85.9 Å². The van der Waals surface area contributed by atoms with E-state index in [1.54, 1.807) is 42.5 Å². The van der Waals surface area contributed by atoms with E-state index in [-0.39, 0.29) is 16.7 Å². The third-order valence-electron chi connectivity index (χ3n) is 2.97. The molecule has 5 nitrogen and oxygen atoms in total. The van der Waals surface area contributed by atoms with Gasteiger partial charge in [-0.05, 0) is 24.3 Å². The fraction of sp³-hybridized carbons (Fsp3) is 0. The maximum Gasteiger partial charge on any atom is 0.349 e. The summed E-state index contributed by atoms with van der Waals surface area (Å²) in [6, 6.07) is 13.3. The van der Waals surface area contributed by atoms with Gasteiger partial charge >= 0.3 is 8.03 Å². The number of nitrogens with one attached hydrogen (secondary N) is 1. The molecule has 0 saturated carbocycles. The Kier molecular flexibility index (Phi) is 3.14. The average molecular weight is 284 g/mol. The molecule has 0 fully saturated rings. The highest BCUT2D eigenvalue weighted by Gasteiger charge is 2.17. The first-order valence-electron chi connectivity index (χ1n) is 5.89. The van der Waals surface area contributed by atoms with Crippen molar-refractivity contribution in [2.75, 3.05) is 0 Å². The SMILES string of the molecule is O=c1[nH]c(-c2ccccc2[P+](=O)[O-])nc2ccccc12. The van der Waals surface area contributed by atoms with Crippen LogP contribution in [0.25, 0.3) is 22.3 Å². The molecule has 1 heterocycles. The van der Waals surface area contributed by atoms with Gasteiger partial charge < -0.3 is 9.88 Å². The Morgan fingerprint density at radius 2 is 1.75 bits per heavy atom. The molecule has 6 heteroatoms. The minimum atomic E-state index is -2.75. The number of hydrogen-bond acceptors (Lipinski definition) is 4. The van der Waals surface area contributed by atoms with E-state index >= 15 is 0 Å². The van der Waals surface area contributed by atoms with Crippen LogP contribution >= 0.6 is 8.03 Å². The maximum atomic E-state index is 12.0. The summed E-state index contributed by atoms with van der Waals surface area (Å²) in [6.07, 6.45) is 0. The first-order valence-corrected chi connectivity index (χ1v) is 7.07. The number of benzene rings is 2. The number of aromatic nitrogens is 2. The van der Waals surface area contributed by atoms with Gasteiger partial charge in [0.25, 0.3) is 5.56 Å². The average Bonchev–Trinajstić information content (AvgIpc) is 2.47. The van der Waals surface area contributed by atoms with E-state index in [0.717, 1.165) is 0 Å². The van der Waals surface area contributed by atoms with Gasteiger partial charge in [0.1, 0.15) is 5.82 Å². The van der Waals surface area contributed by atoms with E-state index < -0.39 is 8.03 Å². The fourth-order valence-electron chi connectivity index (χ4n) is 2.05. The summed E-state index contributed by atoms with van der Waals surface area (Å²) in [5, 5.41) is 0.612. The summed E-state index contributed by atoms with van der Waals surface area (Å²) < 4.78 is 11.3. The molecule has 0 amide bonds. The summed E-state index contributed by atoms with van der Waals surface area (Å²) in [5.41, 5.74) is 0.634. The van der Waals surface area contributed by atoms with E-state index in [4.69, 9.17) is 0 Å². The van der Waals surface area contributed by atoms with E-state index in [1.165, 1.54) is 6.07 Å². The Hall–Kier alpha value is -2.36. The van der Waals surface area contributed by atoms with Gasteiger partial charge in [-0.3, -0.25) is 4.79 Å². The lowest BCUT2D eigenvalue weighted by Crippen LogP contribution is -2.14. The van der Waals surface area contributed by atoms with Crippen LogP contribution in [0.5, 0.6) is 0 Å². The molecule has 1 aromatic heterocycles. The largest absolute Gasteiger partial charge is 0.591 e. The van der Waals surface area contributed by atoms with Crippen molar-refractivity contribution in [3.8, 4) is 11.4 Å². The second-order valence-electron chi connectivity index (χ2n) is 4.21. The molecule has 2 aromatic carbocycles. The second-order valence-corrected chi connectivity index (χ2v) is 5.20. The summed E-state index contributed by atoms with van der Waals surface area (Å²) in [4.78, 5) is 30.2. The lowest BCUT2D eigenvalue weighted by atomic mass is 10.2. The lowest BCUT2D eigenvalue weighted by molar-refractivity contribution is -0.160. The number of rotatable bonds is 2. The van der Waals surface area contributed by atoms with Crippen LogP contribution in [0.2, 0.25) is 0 Å². The van der Waals surface area contributed by atoms with Crippen molar-refractivity contribution >= 4 is 24.2 Å². The monoisotopic (exact) mass is 284 g/mol. The zero-order chi connectivity index (χ0) is 14.1. The minimum Gasteiger partial charge on any atom is -0.591 e. The molecule has 0 aliphatic carbocycles. The molecule has 0 radical (unpaired) electrons. The van der Waals surface area contributed by atoms with Crippen LogP contribution in [0.1, 0.15) is 0 Å². The molecule has 98 valence electrons. The first-order chi connectivity index (χ1) is 9.66. The van der Waals surface area contributed by atoms with E-state index in [2.05, 4.69) is 9.97 Å². The summed E-state index contributed by atoms with van der Waals surface area (Å²) in [6.45, 7) is 0. The van der Waals surface area contributed by atoms with Gasteiger partial charge in [-0.2, -0.15) is 0 Å². The quantitative estimate of drug-likeness (QED) is 0.719. The lowest BCUT2D eigenvalue weighted by Gasteiger charge is -2.04. The van der Waals surface area contributed by atoms with Crippen molar-refractivity contribution in [1.82, 2.24) is 9.97 Å². The molecule has 0 aliphatic heterocycles. The molecular formula is C14H9N2O3P. The molecule has 0 saturated heterocycles. The number of fused-ring (bicyclic) bond motifs is 1. The number of nitrogens with zero attached hydrogens (tertiary/aromatic N) is 1. The molecule has 20 heavy (non-hydrogen) atoms. The maximum absolute atomic E-state index is 12.0. The Morgan fingerprint density at radius 3 is 2.55 bits per heavy atom. The first kappa shape index (κ1) is 12.7. The minimum absolute atomic E-state index is 0.140. The number of H-pyrrole nitrogens is 1.